The third kappa shape index (κ3) is 4.81. The maximum atomic E-state index is 11.2. The lowest BCUT2D eigenvalue weighted by Gasteiger charge is -2.21. The Hall–Kier alpha value is -2.21. The van der Waals surface area contributed by atoms with E-state index < -0.39 is 6.10 Å². The Bertz CT molecular complexity index is 484. The van der Waals surface area contributed by atoms with Gasteiger partial charge in [-0.15, -0.1) is 0 Å². The predicted molar refractivity (Wildman–Crippen MR) is 74.5 cm³/mol. The summed E-state index contributed by atoms with van der Waals surface area (Å²) in [5.74, 6) is -0.299. The summed E-state index contributed by atoms with van der Waals surface area (Å²) in [7, 11) is 0. The Balaban J connectivity index is 2.68. The number of ketones is 1. The number of aliphatic hydroxyl groups excluding tert-OH is 1. The zero-order valence-corrected chi connectivity index (χ0v) is 11.5. The topological polar surface area (TPSA) is 86.7 Å². The van der Waals surface area contributed by atoms with E-state index in [1.807, 2.05) is 0 Å². The highest BCUT2D eigenvalue weighted by Crippen LogP contribution is 2.14. The Kier molecular flexibility index (Phi) is 5.86. The van der Waals surface area contributed by atoms with E-state index in [0.29, 0.717) is 17.7 Å². The number of anilines is 1. The summed E-state index contributed by atoms with van der Waals surface area (Å²) in [6, 6.07) is 6.51. The molecule has 1 aromatic carbocycles. The van der Waals surface area contributed by atoms with Gasteiger partial charge in [-0.2, -0.15) is 0 Å². The van der Waals surface area contributed by atoms with E-state index in [1.54, 1.807) is 24.3 Å². The number of hydrogen-bond acceptors (Lipinski definition) is 4. The molecule has 0 aromatic heterocycles. The van der Waals surface area contributed by atoms with Crippen molar-refractivity contribution < 1.29 is 19.5 Å². The molecule has 0 aliphatic heterocycles. The number of hydrogen-bond donors (Lipinski definition) is 2. The van der Waals surface area contributed by atoms with Crippen LogP contribution in [0.2, 0.25) is 0 Å². The summed E-state index contributed by atoms with van der Waals surface area (Å²) in [5, 5.41) is 12.2. The van der Waals surface area contributed by atoms with Crippen LogP contribution in [-0.4, -0.2) is 42.4 Å². The molecule has 1 rings (SSSR count). The fourth-order valence-electron chi connectivity index (χ4n) is 1.65. The molecule has 0 radical (unpaired) electrons. The van der Waals surface area contributed by atoms with Crippen LogP contribution in [0.1, 0.15) is 24.2 Å². The molecule has 1 atom stereocenters. The fourth-order valence-corrected chi connectivity index (χ4v) is 1.65. The Labute approximate surface area is 117 Å². The SMILES string of the molecule is CC(=O)NCC(O)CN(C=O)c1ccc(C(C)=O)cc1. The first-order chi connectivity index (χ1) is 9.43. The zero-order chi connectivity index (χ0) is 15.1. The first-order valence-electron chi connectivity index (χ1n) is 6.19. The monoisotopic (exact) mass is 278 g/mol. The number of carbonyl (C=O) groups excluding carboxylic acids is 3. The third-order valence-electron chi connectivity index (χ3n) is 2.73. The maximum absolute atomic E-state index is 11.2. The molecule has 0 aliphatic carbocycles. The smallest absolute Gasteiger partial charge is 0.216 e. The van der Waals surface area contributed by atoms with Crippen LogP contribution in [0.25, 0.3) is 0 Å². The second kappa shape index (κ2) is 7.40. The van der Waals surface area contributed by atoms with Crippen molar-refractivity contribution in [3.8, 4) is 0 Å². The highest BCUT2D eigenvalue weighted by molar-refractivity contribution is 5.94. The van der Waals surface area contributed by atoms with E-state index in [1.165, 1.54) is 18.7 Å². The lowest BCUT2D eigenvalue weighted by atomic mass is 10.1. The maximum Gasteiger partial charge on any atom is 0.216 e. The Morgan fingerprint density at radius 1 is 1.30 bits per heavy atom. The van der Waals surface area contributed by atoms with Gasteiger partial charge in [-0.1, -0.05) is 0 Å². The Morgan fingerprint density at radius 3 is 2.35 bits per heavy atom. The molecular weight excluding hydrogens is 260 g/mol. The molecule has 108 valence electrons. The van der Waals surface area contributed by atoms with Gasteiger partial charge in [0.05, 0.1) is 12.6 Å². The highest BCUT2D eigenvalue weighted by Gasteiger charge is 2.12. The van der Waals surface area contributed by atoms with Crippen molar-refractivity contribution >= 4 is 23.8 Å². The number of nitrogens with one attached hydrogen (secondary N) is 1. The van der Waals surface area contributed by atoms with Crippen LogP contribution in [0.4, 0.5) is 5.69 Å². The van der Waals surface area contributed by atoms with Gasteiger partial charge >= 0.3 is 0 Å². The average Bonchev–Trinajstić information content (AvgIpc) is 2.42. The highest BCUT2D eigenvalue weighted by atomic mass is 16.3. The zero-order valence-electron chi connectivity index (χ0n) is 11.5. The Morgan fingerprint density at radius 2 is 1.90 bits per heavy atom. The van der Waals surface area contributed by atoms with Crippen molar-refractivity contribution in [2.24, 2.45) is 0 Å². The number of benzene rings is 1. The summed E-state index contributed by atoms with van der Waals surface area (Å²) < 4.78 is 0. The van der Waals surface area contributed by atoms with Crippen LogP contribution in [0.5, 0.6) is 0 Å². The van der Waals surface area contributed by atoms with Gasteiger partial charge in [0.1, 0.15) is 0 Å². The number of Topliss-reactive ketones (excluding diaryl/α,β-unsaturated/α-hetero) is 1. The van der Waals surface area contributed by atoms with Gasteiger partial charge in [0.15, 0.2) is 5.78 Å². The summed E-state index contributed by atoms with van der Waals surface area (Å²) in [4.78, 5) is 34.3. The van der Waals surface area contributed by atoms with Gasteiger partial charge in [-0.05, 0) is 31.2 Å². The third-order valence-corrected chi connectivity index (χ3v) is 2.73. The molecule has 1 aromatic rings. The molecule has 6 heteroatoms. The quantitative estimate of drug-likeness (QED) is 0.556. The van der Waals surface area contributed by atoms with Crippen molar-refractivity contribution in [1.82, 2.24) is 5.32 Å². The van der Waals surface area contributed by atoms with Crippen LogP contribution < -0.4 is 10.2 Å². The number of carbonyl (C=O) groups is 3. The molecule has 0 saturated carbocycles. The van der Waals surface area contributed by atoms with Crippen molar-refractivity contribution in [2.75, 3.05) is 18.0 Å². The minimum absolute atomic E-state index is 0.0557. The molecule has 1 unspecified atom stereocenters. The lowest BCUT2D eigenvalue weighted by molar-refractivity contribution is -0.119. The van der Waals surface area contributed by atoms with Crippen molar-refractivity contribution in [3.63, 3.8) is 0 Å². The van der Waals surface area contributed by atoms with Crippen LogP contribution in [-0.2, 0) is 9.59 Å². The number of nitrogens with zero attached hydrogens (tertiary/aromatic N) is 1. The molecule has 0 aliphatic rings. The van der Waals surface area contributed by atoms with E-state index in [2.05, 4.69) is 5.32 Å². The molecule has 0 saturated heterocycles. The van der Waals surface area contributed by atoms with E-state index in [0.717, 1.165) is 0 Å². The summed E-state index contributed by atoms with van der Waals surface area (Å²) in [6.45, 7) is 2.95. The van der Waals surface area contributed by atoms with Gasteiger partial charge in [-0.25, -0.2) is 0 Å². The van der Waals surface area contributed by atoms with Crippen LogP contribution in [0, 0.1) is 0 Å². The first kappa shape index (κ1) is 15.8. The summed E-state index contributed by atoms with van der Waals surface area (Å²) in [5.41, 5.74) is 1.13. The van der Waals surface area contributed by atoms with E-state index in [9.17, 15) is 19.5 Å². The molecule has 2 amide bonds. The van der Waals surface area contributed by atoms with Crippen LogP contribution in [0.15, 0.2) is 24.3 Å². The van der Waals surface area contributed by atoms with Gasteiger partial charge in [0.2, 0.25) is 12.3 Å². The minimum atomic E-state index is -0.864. The molecular formula is C14H18N2O4. The van der Waals surface area contributed by atoms with E-state index >= 15 is 0 Å². The standard InChI is InChI=1S/C14H18N2O4/c1-10(18)12-3-5-13(6-4-12)16(9-17)8-14(20)7-15-11(2)19/h3-6,9,14,20H,7-8H2,1-2H3,(H,15,19). The van der Waals surface area contributed by atoms with Gasteiger partial charge in [0, 0.05) is 24.7 Å². The second-order valence-electron chi connectivity index (χ2n) is 4.45. The van der Waals surface area contributed by atoms with Crippen LogP contribution >= 0.6 is 0 Å². The summed E-state index contributed by atoms with van der Waals surface area (Å²) in [6.07, 6.45) is -0.267. The van der Waals surface area contributed by atoms with Crippen LogP contribution in [0.3, 0.4) is 0 Å². The molecule has 0 fully saturated rings. The summed E-state index contributed by atoms with van der Waals surface area (Å²) >= 11 is 0. The van der Waals surface area contributed by atoms with E-state index in [4.69, 9.17) is 0 Å². The molecule has 2 N–H and O–H groups in total. The lowest BCUT2D eigenvalue weighted by Crippen LogP contribution is -2.39. The largest absolute Gasteiger partial charge is 0.389 e. The molecule has 0 bridgehead atoms. The number of rotatable bonds is 7. The van der Waals surface area contributed by atoms with Crippen molar-refractivity contribution in [1.29, 1.82) is 0 Å². The van der Waals surface area contributed by atoms with Crippen molar-refractivity contribution in [2.45, 2.75) is 20.0 Å². The molecule has 0 spiro atoms. The first-order valence-corrected chi connectivity index (χ1v) is 6.19. The van der Waals surface area contributed by atoms with Gasteiger partial charge in [-0.3, -0.25) is 14.4 Å². The van der Waals surface area contributed by atoms with Gasteiger partial charge in [0.25, 0.3) is 0 Å². The van der Waals surface area contributed by atoms with Gasteiger partial charge < -0.3 is 15.3 Å². The molecule has 0 heterocycles. The molecule has 20 heavy (non-hydrogen) atoms. The predicted octanol–water partition coefficient (Wildman–Crippen LogP) is 0.349. The van der Waals surface area contributed by atoms with Crippen molar-refractivity contribution in [3.05, 3.63) is 29.8 Å². The van der Waals surface area contributed by atoms with E-state index in [-0.39, 0.29) is 24.8 Å². The number of amides is 2. The second-order valence-corrected chi connectivity index (χ2v) is 4.45. The minimum Gasteiger partial charge on any atom is -0.389 e. The molecule has 6 nitrogen and oxygen atoms in total. The normalized spacial score (nSPS) is 11.6. The average molecular weight is 278 g/mol. The number of aliphatic hydroxyl groups is 1. The fraction of sp³-hybridized carbons (Fsp3) is 0.357.